The van der Waals surface area contributed by atoms with E-state index in [9.17, 15) is 30.0 Å². The molecule has 1 saturated heterocycles. The van der Waals surface area contributed by atoms with Gasteiger partial charge in [0, 0.05) is 12.8 Å². The third-order valence-electron chi connectivity index (χ3n) is 10.1. The number of hydrogen-bond acceptors (Lipinski definition) is 10. The molecule has 1 aliphatic heterocycles. The van der Waals surface area contributed by atoms with Crippen LogP contribution in [-0.4, -0.2) is 89.0 Å². The third-order valence-corrected chi connectivity index (χ3v) is 10.1. The summed E-state index contributed by atoms with van der Waals surface area (Å²) in [5.41, 5.74) is 0. The van der Waals surface area contributed by atoms with E-state index >= 15 is 0 Å². The highest BCUT2D eigenvalue weighted by Crippen LogP contribution is 2.22. The number of carbonyl (C=O) groups excluding carboxylic acids is 2. The maximum Gasteiger partial charge on any atom is 0.306 e. The van der Waals surface area contributed by atoms with E-state index in [-0.39, 0.29) is 26.1 Å². The van der Waals surface area contributed by atoms with E-state index < -0.39 is 55.4 Å². The molecular formula is C49H82O10. The Labute approximate surface area is 357 Å². The van der Waals surface area contributed by atoms with Crippen molar-refractivity contribution in [1.29, 1.82) is 0 Å². The second-order valence-corrected chi connectivity index (χ2v) is 15.5. The quantitative estimate of drug-likeness (QED) is 0.0271. The summed E-state index contributed by atoms with van der Waals surface area (Å²) >= 11 is 0. The Bertz CT molecular complexity index is 1190. The van der Waals surface area contributed by atoms with E-state index in [1.807, 2.05) is 0 Å². The standard InChI is InChI=1S/C49H82O10/c1-3-5-7-9-11-13-15-17-19-20-21-22-24-26-28-30-32-34-36-38-45(52)58-42(41-57-49-48(55)47(54)46(53)43(39-50)59-49)40-56-44(51)37-35-33-31-29-27-25-23-18-16-14-12-10-8-6-4-2/h5,7,11,13,17-19,21-23,26,28,42-43,46-50,53-55H,3-4,6,8-10,12,14-16,20,24-25,27,29-41H2,1-2H3/b7-5+,13-11+,19-17+,22-21+,23-18+,28-26+/t42-,43-,46+,47?,48?,49-/m1/s1. The first-order valence-corrected chi connectivity index (χ1v) is 23.0. The molecule has 4 N–H and O–H groups in total. The number of allylic oxidation sites excluding steroid dienone is 12. The van der Waals surface area contributed by atoms with Crippen molar-refractivity contribution < 1.29 is 49.0 Å². The van der Waals surface area contributed by atoms with E-state index in [1.54, 1.807) is 0 Å². The SMILES string of the molecule is CC/C=C/C/C=C/C/C=C/C/C=C/C/C=C/CCCCCC(=O)O[C@H](COC(=O)CCCCCCC/C=C/CCCCCCCC)CO[C@@H]1O[C@H](CO)[C@H](O)C(O)C1O. The van der Waals surface area contributed by atoms with E-state index in [1.165, 1.54) is 44.9 Å². The van der Waals surface area contributed by atoms with Crippen LogP contribution in [-0.2, 0) is 28.5 Å². The van der Waals surface area contributed by atoms with Crippen molar-refractivity contribution in [2.45, 2.75) is 205 Å². The zero-order valence-corrected chi connectivity index (χ0v) is 36.7. The lowest BCUT2D eigenvalue weighted by molar-refractivity contribution is -0.305. The molecule has 338 valence electrons. The summed E-state index contributed by atoms with van der Waals surface area (Å²) < 4.78 is 22.1. The molecule has 1 heterocycles. The van der Waals surface area contributed by atoms with Crippen LogP contribution in [0.3, 0.4) is 0 Å². The Kier molecular flexibility index (Phi) is 36.1. The van der Waals surface area contributed by atoms with Gasteiger partial charge in [-0.1, -0.05) is 145 Å². The molecule has 10 nitrogen and oxygen atoms in total. The predicted octanol–water partition coefficient (Wildman–Crippen LogP) is 10.00. The normalized spacial score (nSPS) is 20.7. The van der Waals surface area contributed by atoms with Crippen LogP contribution in [0.2, 0.25) is 0 Å². The maximum absolute atomic E-state index is 12.8. The van der Waals surface area contributed by atoms with Crippen LogP contribution in [0.5, 0.6) is 0 Å². The molecule has 0 aromatic heterocycles. The van der Waals surface area contributed by atoms with Gasteiger partial charge < -0.3 is 39.4 Å². The number of hydrogen-bond donors (Lipinski definition) is 4. The highest BCUT2D eigenvalue weighted by atomic mass is 16.7. The molecule has 0 aromatic rings. The van der Waals surface area contributed by atoms with Crippen molar-refractivity contribution in [2.24, 2.45) is 0 Å². The smallest absolute Gasteiger partial charge is 0.306 e. The van der Waals surface area contributed by atoms with Crippen molar-refractivity contribution >= 4 is 11.9 Å². The number of rotatable bonds is 37. The summed E-state index contributed by atoms with van der Waals surface area (Å²) in [6.07, 6.45) is 41.9. The fourth-order valence-electron chi connectivity index (χ4n) is 6.44. The Morgan fingerprint density at radius 3 is 1.54 bits per heavy atom. The molecule has 1 aliphatic rings. The molecule has 2 unspecified atom stereocenters. The van der Waals surface area contributed by atoms with Crippen molar-refractivity contribution in [3.63, 3.8) is 0 Å². The van der Waals surface area contributed by atoms with Crippen molar-refractivity contribution in [3.05, 3.63) is 72.9 Å². The molecular weight excluding hydrogens is 749 g/mol. The van der Waals surface area contributed by atoms with Gasteiger partial charge in [-0.15, -0.1) is 0 Å². The van der Waals surface area contributed by atoms with Crippen molar-refractivity contribution in [3.8, 4) is 0 Å². The molecule has 0 amide bonds. The van der Waals surface area contributed by atoms with Crippen LogP contribution in [0, 0.1) is 0 Å². The Morgan fingerprint density at radius 2 is 1.00 bits per heavy atom. The monoisotopic (exact) mass is 831 g/mol. The lowest BCUT2D eigenvalue weighted by Gasteiger charge is -2.39. The largest absolute Gasteiger partial charge is 0.462 e. The number of esters is 2. The molecule has 0 bridgehead atoms. The minimum atomic E-state index is -1.61. The van der Waals surface area contributed by atoms with Gasteiger partial charge in [0.25, 0.3) is 0 Å². The van der Waals surface area contributed by atoms with Gasteiger partial charge in [-0.3, -0.25) is 9.59 Å². The van der Waals surface area contributed by atoms with Gasteiger partial charge in [-0.2, -0.15) is 0 Å². The second-order valence-electron chi connectivity index (χ2n) is 15.5. The topological polar surface area (TPSA) is 152 Å². The number of aliphatic hydroxyl groups is 4. The first-order valence-electron chi connectivity index (χ1n) is 23.0. The number of aliphatic hydroxyl groups excluding tert-OH is 4. The summed E-state index contributed by atoms with van der Waals surface area (Å²) in [5, 5.41) is 40.1. The van der Waals surface area contributed by atoms with Crippen molar-refractivity contribution in [2.75, 3.05) is 19.8 Å². The summed E-state index contributed by atoms with van der Waals surface area (Å²) in [5.74, 6) is -0.859. The lowest BCUT2D eigenvalue weighted by Crippen LogP contribution is -2.59. The second kappa shape index (κ2) is 39.3. The van der Waals surface area contributed by atoms with E-state index in [0.29, 0.717) is 12.8 Å². The number of unbranched alkanes of at least 4 members (excludes halogenated alkanes) is 14. The minimum absolute atomic E-state index is 0.186. The molecule has 59 heavy (non-hydrogen) atoms. The first-order chi connectivity index (χ1) is 28.8. The van der Waals surface area contributed by atoms with Crippen LogP contribution in [0.15, 0.2) is 72.9 Å². The van der Waals surface area contributed by atoms with Crippen LogP contribution in [0.1, 0.15) is 168 Å². The van der Waals surface area contributed by atoms with Crippen molar-refractivity contribution in [1.82, 2.24) is 0 Å². The Morgan fingerprint density at radius 1 is 0.542 bits per heavy atom. The van der Waals surface area contributed by atoms with Gasteiger partial charge in [0.15, 0.2) is 12.4 Å². The molecule has 1 rings (SSSR count). The average molecular weight is 831 g/mol. The first kappa shape index (κ1) is 54.2. The average Bonchev–Trinajstić information content (AvgIpc) is 3.23. The van der Waals surface area contributed by atoms with Crippen LogP contribution < -0.4 is 0 Å². The summed E-state index contributed by atoms with van der Waals surface area (Å²) in [4.78, 5) is 25.3. The fraction of sp³-hybridized carbons (Fsp3) is 0.714. The fourth-order valence-corrected chi connectivity index (χ4v) is 6.44. The lowest BCUT2D eigenvalue weighted by atomic mass is 9.99. The van der Waals surface area contributed by atoms with Crippen LogP contribution in [0.25, 0.3) is 0 Å². The van der Waals surface area contributed by atoms with Gasteiger partial charge in [-0.25, -0.2) is 0 Å². The Hall–Kier alpha value is -2.86. The highest BCUT2D eigenvalue weighted by Gasteiger charge is 2.44. The minimum Gasteiger partial charge on any atom is -0.462 e. The highest BCUT2D eigenvalue weighted by molar-refractivity contribution is 5.70. The third kappa shape index (κ3) is 30.8. The van der Waals surface area contributed by atoms with E-state index in [2.05, 4.69) is 86.8 Å². The van der Waals surface area contributed by atoms with Gasteiger partial charge in [0.1, 0.15) is 31.0 Å². The van der Waals surface area contributed by atoms with Crippen LogP contribution in [0.4, 0.5) is 0 Å². The van der Waals surface area contributed by atoms with Crippen LogP contribution >= 0.6 is 0 Å². The number of carbonyl (C=O) groups is 2. The zero-order chi connectivity index (χ0) is 43.0. The molecule has 10 heteroatoms. The Balaban J connectivity index is 2.37. The summed E-state index contributed by atoms with van der Waals surface area (Å²) in [6, 6.07) is 0. The number of ether oxygens (including phenoxy) is 4. The van der Waals surface area contributed by atoms with Gasteiger partial charge in [0.05, 0.1) is 13.2 Å². The van der Waals surface area contributed by atoms with Gasteiger partial charge in [0.2, 0.25) is 0 Å². The molecule has 1 fully saturated rings. The van der Waals surface area contributed by atoms with Gasteiger partial charge in [-0.05, 0) is 83.5 Å². The molecule has 0 aromatic carbocycles. The summed E-state index contributed by atoms with van der Waals surface area (Å²) in [7, 11) is 0. The summed E-state index contributed by atoms with van der Waals surface area (Å²) in [6.45, 7) is 3.25. The molecule has 0 radical (unpaired) electrons. The van der Waals surface area contributed by atoms with E-state index in [4.69, 9.17) is 18.9 Å². The van der Waals surface area contributed by atoms with Gasteiger partial charge >= 0.3 is 11.9 Å². The zero-order valence-electron chi connectivity index (χ0n) is 36.7. The predicted molar refractivity (Wildman–Crippen MR) is 238 cm³/mol. The maximum atomic E-state index is 12.8. The molecule has 0 aliphatic carbocycles. The molecule has 0 saturated carbocycles. The molecule has 6 atom stereocenters. The van der Waals surface area contributed by atoms with E-state index in [0.717, 1.165) is 83.5 Å². The molecule has 0 spiro atoms.